The summed E-state index contributed by atoms with van der Waals surface area (Å²) in [7, 11) is 0. The second-order valence-corrected chi connectivity index (χ2v) is 2.98. The molecule has 0 aromatic carbocycles. The van der Waals surface area contributed by atoms with Gasteiger partial charge < -0.3 is 15.8 Å². The summed E-state index contributed by atoms with van der Waals surface area (Å²) in [5.41, 5.74) is 5.84. The predicted molar refractivity (Wildman–Crippen MR) is 73.8 cm³/mol. The van der Waals surface area contributed by atoms with Gasteiger partial charge in [0.25, 0.3) is 0 Å². The van der Waals surface area contributed by atoms with E-state index in [1.165, 1.54) is 0 Å². The number of aldehydes is 1. The van der Waals surface area contributed by atoms with Crippen LogP contribution >= 0.6 is 0 Å². The van der Waals surface area contributed by atoms with Gasteiger partial charge in [0.2, 0.25) is 5.91 Å². The van der Waals surface area contributed by atoms with Crippen molar-refractivity contribution < 1.29 is 9.59 Å². The summed E-state index contributed by atoms with van der Waals surface area (Å²) in [6.45, 7) is 13.7. The molecule has 0 aliphatic heterocycles. The number of nitrogens with one attached hydrogen (secondary N) is 1. The maximum absolute atomic E-state index is 10.9. The molecule has 0 aromatic heterocycles. The molecule has 0 saturated heterocycles. The van der Waals surface area contributed by atoms with Crippen LogP contribution in [0.4, 0.5) is 0 Å². The zero-order valence-electron chi connectivity index (χ0n) is 11.9. The van der Waals surface area contributed by atoms with E-state index in [1.54, 1.807) is 6.92 Å². The van der Waals surface area contributed by atoms with E-state index in [4.69, 9.17) is 5.73 Å². The highest BCUT2D eigenvalue weighted by molar-refractivity contribution is 5.91. The summed E-state index contributed by atoms with van der Waals surface area (Å²) < 4.78 is 0. The van der Waals surface area contributed by atoms with Crippen molar-refractivity contribution in [2.75, 3.05) is 6.54 Å². The molecule has 0 spiro atoms. The smallest absolute Gasteiger partial charge is 0.246 e. The summed E-state index contributed by atoms with van der Waals surface area (Å²) in [6, 6.07) is -0.415. The van der Waals surface area contributed by atoms with Crippen molar-refractivity contribution >= 4 is 12.2 Å². The second-order valence-electron chi connectivity index (χ2n) is 2.98. The van der Waals surface area contributed by atoms with Gasteiger partial charge in [-0.15, -0.1) is 0 Å². The van der Waals surface area contributed by atoms with Gasteiger partial charge in [-0.1, -0.05) is 34.3 Å². The van der Waals surface area contributed by atoms with E-state index in [9.17, 15) is 9.59 Å². The predicted octanol–water partition coefficient (Wildman–Crippen LogP) is 2.04. The fraction of sp³-hybridized carbons (Fsp3) is 0.692. The Kier molecular flexibility index (Phi) is 21.5. The number of carbonyl (C=O) groups excluding carboxylic acids is 2. The molecule has 4 nitrogen and oxygen atoms in total. The molecule has 1 atom stereocenters. The van der Waals surface area contributed by atoms with Gasteiger partial charge >= 0.3 is 0 Å². The highest BCUT2D eigenvalue weighted by Gasteiger charge is 2.01. The van der Waals surface area contributed by atoms with Crippen molar-refractivity contribution in [3.05, 3.63) is 12.2 Å². The Labute approximate surface area is 106 Å². The molecular formula is C13H28N2O2. The van der Waals surface area contributed by atoms with Crippen molar-refractivity contribution in [3.63, 3.8) is 0 Å². The van der Waals surface area contributed by atoms with Crippen LogP contribution in [0.5, 0.6) is 0 Å². The molecule has 0 saturated carbocycles. The lowest BCUT2D eigenvalue weighted by atomic mass is 10.2. The van der Waals surface area contributed by atoms with Crippen molar-refractivity contribution in [3.8, 4) is 0 Å². The fourth-order valence-corrected chi connectivity index (χ4v) is 0.759. The molecule has 0 radical (unpaired) electrons. The van der Waals surface area contributed by atoms with Gasteiger partial charge in [-0.2, -0.15) is 0 Å². The van der Waals surface area contributed by atoms with E-state index in [1.807, 2.05) is 27.7 Å². The zero-order valence-corrected chi connectivity index (χ0v) is 11.9. The minimum atomic E-state index is -0.415. The maximum atomic E-state index is 10.9. The average Bonchev–Trinajstić information content (AvgIpc) is 2.38. The molecule has 3 N–H and O–H groups in total. The average molecular weight is 244 g/mol. The Balaban J connectivity index is -0.000000439. The molecule has 1 amide bonds. The first kappa shape index (κ1) is 21.2. The highest BCUT2D eigenvalue weighted by atomic mass is 16.1. The first-order chi connectivity index (χ1) is 8.07. The molecular weight excluding hydrogens is 216 g/mol. The van der Waals surface area contributed by atoms with Gasteiger partial charge in [0.05, 0.1) is 6.04 Å². The minimum Gasteiger partial charge on any atom is -0.352 e. The quantitative estimate of drug-likeness (QED) is 0.426. The third-order valence-corrected chi connectivity index (χ3v) is 1.56. The number of hydrogen-bond donors (Lipinski definition) is 2. The van der Waals surface area contributed by atoms with E-state index < -0.39 is 6.04 Å². The lowest BCUT2D eigenvalue weighted by Crippen LogP contribution is -2.27. The number of amides is 1. The molecule has 0 aromatic rings. The standard InChI is InChI=1S/C9H16N2O2.2C2H6/c1-7(2)9(13)11-5-3-4-8(10)6-12;2*1-2/h6,8H,1,3-5,10H2,2H3,(H,11,13);2*1-2H3. The number of rotatable bonds is 6. The summed E-state index contributed by atoms with van der Waals surface area (Å²) in [6.07, 6.45) is 2.01. The topological polar surface area (TPSA) is 72.2 Å². The van der Waals surface area contributed by atoms with E-state index in [0.717, 1.165) is 0 Å². The first-order valence-electron chi connectivity index (χ1n) is 6.22. The minimum absolute atomic E-state index is 0.153. The SMILES string of the molecule is C=C(C)C(=O)NCCCC(N)C=O.CC.CC. The van der Waals surface area contributed by atoms with E-state index in [2.05, 4.69) is 11.9 Å². The summed E-state index contributed by atoms with van der Waals surface area (Å²) >= 11 is 0. The van der Waals surface area contributed by atoms with Crippen LogP contribution in [-0.4, -0.2) is 24.8 Å². The molecule has 17 heavy (non-hydrogen) atoms. The third-order valence-electron chi connectivity index (χ3n) is 1.56. The number of carbonyl (C=O) groups is 2. The molecule has 0 fully saturated rings. The van der Waals surface area contributed by atoms with Gasteiger partial charge in [-0.3, -0.25) is 4.79 Å². The van der Waals surface area contributed by atoms with Crippen LogP contribution in [0.3, 0.4) is 0 Å². The maximum Gasteiger partial charge on any atom is 0.246 e. The molecule has 0 aliphatic rings. The van der Waals surface area contributed by atoms with Gasteiger partial charge in [-0.05, 0) is 19.8 Å². The Bertz CT molecular complexity index is 204. The number of nitrogens with two attached hydrogens (primary N) is 1. The van der Waals surface area contributed by atoms with Crippen molar-refractivity contribution in [2.24, 2.45) is 5.73 Å². The summed E-state index contributed by atoms with van der Waals surface area (Å²) in [5, 5.41) is 2.65. The lowest BCUT2D eigenvalue weighted by Gasteiger charge is -2.05. The highest BCUT2D eigenvalue weighted by Crippen LogP contribution is 1.91. The van der Waals surface area contributed by atoms with Crippen molar-refractivity contribution in [2.45, 2.75) is 53.5 Å². The van der Waals surface area contributed by atoms with Crippen LogP contribution in [0.2, 0.25) is 0 Å². The molecule has 0 heterocycles. The van der Waals surface area contributed by atoms with Crippen LogP contribution in [0.25, 0.3) is 0 Å². The number of hydrogen-bond acceptors (Lipinski definition) is 3. The molecule has 4 heteroatoms. The lowest BCUT2D eigenvalue weighted by molar-refractivity contribution is -0.117. The first-order valence-corrected chi connectivity index (χ1v) is 6.22. The molecule has 0 rings (SSSR count). The monoisotopic (exact) mass is 244 g/mol. The van der Waals surface area contributed by atoms with Crippen LogP contribution in [0, 0.1) is 0 Å². The molecule has 1 unspecified atom stereocenters. The largest absolute Gasteiger partial charge is 0.352 e. The van der Waals surface area contributed by atoms with Gasteiger partial charge in [-0.25, -0.2) is 0 Å². The Morgan fingerprint density at radius 3 is 2.18 bits per heavy atom. The van der Waals surface area contributed by atoms with Gasteiger partial charge in [0.1, 0.15) is 6.29 Å². The van der Waals surface area contributed by atoms with Gasteiger partial charge in [0.15, 0.2) is 0 Å². The van der Waals surface area contributed by atoms with E-state index in [0.29, 0.717) is 31.2 Å². The van der Waals surface area contributed by atoms with Crippen LogP contribution < -0.4 is 11.1 Å². The van der Waals surface area contributed by atoms with Crippen LogP contribution in [-0.2, 0) is 9.59 Å². The Morgan fingerprint density at radius 1 is 1.35 bits per heavy atom. The summed E-state index contributed by atoms with van der Waals surface area (Å²) in [5.74, 6) is -0.153. The molecule has 0 aliphatic carbocycles. The molecule has 0 bridgehead atoms. The second kappa shape index (κ2) is 17.2. The fourth-order valence-electron chi connectivity index (χ4n) is 0.759. The summed E-state index contributed by atoms with van der Waals surface area (Å²) in [4.78, 5) is 21.1. The van der Waals surface area contributed by atoms with Crippen molar-refractivity contribution in [1.29, 1.82) is 0 Å². The van der Waals surface area contributed by atoms with Crippen molar-refractivity contribution in [1.82, 2.24) is 5.32 Å². The van der Waals surface area contributed by atoms with Gasteiger partial charge in [0, 0.05) is 12.1 Å². The van der Waals surface area contributed by atoms with E-state index >= 15 is 0 Å². The zero-order chi connectivity index (χ0) is 14.3. The Hall–Kier alpha value is -1.16. The van der Waals surface area contributed by atoms with Crippen LogP contribution in [0.15, 0.2) is 12.2 Å². The van der Waals surface area contributed by atoms with E-state index in [-0.39, 0.29) is 5.91 Å². The molecule has 102 valence electrons. The van der Waals surface area contributed by atoms with Crippen LogP contribution in [0.1, 0.15) is 47.5 Å². The normalized spacial score (nSPS) is 9.76. The third kappa shape index (κ3) is 17.5. The Morgan fingerprint density at radius 2 is 1.82 bits per heavy atom.